The van der Waals surface area contributed by atoms with Crippen LogP contribution in [-0.2, 0) is 4.79 Å². The summed E-state index contributed by atoms with van der Waals surface area (Å²) in [6.07, 6.45) is 0.482. The highest BCUT2D eigenvalue weighted by atomic mass is 16.1. The monoisotopic (exact) mass is 296 g/mol. The van der Waals surface area contributed by atoms with Crippen LogP contribution in [0.4, 0.5) is 11.4 Å². The number of benzene rings is 2. The van der Waals surface area contributed by atoms with Gasteiger partial charge in [-0.15, -0.1) is 0 Å². The Bertz CT molecular complexity index is 620. The molecule has 0 aliphatic rings. The maximum absolute atomic E-state index is 12.1. The minimum absolute atomic E-state index is 0.0509. The van der Waals surface area contributed by atoms with Gasteiger partial charge in [-0.3, -0.25) is 4.79 Å². The Morgan fingerprint density at radius 2 is 1.77 bits per heavy atom. The van der Waals surface area contributed by atoms with E-state index in [0.29, 0.717) is 6.42 Å². The van der Waals surface area contributed by atoms with Gasteiger partial charge in [0, 0.05) is 30.9 Å². The quantitative estimate of drug-likeness (QED) is 0.868. The van der Waals surface area contributed by atoms with Crippen LogP contribution < -0.4 is 10.2 Å². The van der Waals surface area contributed by atoms with Gasteiger partial charge in [-0.2, -0.15) is 0 Å². The molecule has 22 heavy (non-hydrogen) atoms. The Balaban J connectivity index is 1.90. The van der Waals surface area contributed by atoms with Gasteiger partial charge < -0.3 is 10.2 Å². The summed E-state index contributed by atoms with van der Waals surface area (Å²) < 4.78 is 0. The van der Waals surface area contributed by atoms with Crippen molar-refractivity contribution >= 4 is 17.3 Å². The van der Waals surface area contributed by atoms with E-state index in [1.165, 1.54) is 16.8 Å². The van der Waals surface area contributed by atoms with Crippen LogP contribution in [0, 0.1) is 13.8 Å². The molecule has 0 saturated carbocycles. The number of carbonyl (C=O) groups is 1. The number of amides is 1. The van der Waals surface area contributed by atoms with E-state index in [9.17, 15) is 4.79 Å². The van der Waals surface area contributed by atoms with Gasteiger partial charge in [-0.1, -0.05) is 29.8 Å². The van der Waals surface area contributed by atoms with Gasteiger partial charge in [0.05, 0.1) is 0 Å². The molecule has 1 amide bonds. The van der Waals surface area contributed by atoms with Crippen molar-refractivity contribution in [1.29, 1.82) is 0 Å². The zero-order valence-electron chi connectivity index (χ0n) is 13.6. The highest BCUT2D eigenvalue weighted by Crippen LogP contribution is 2.16. The molecule has 2 rings (SSSR count). The number of rotatable bonds is 6. The van der Waals surface area contributed by atoms with Crippen LogP contribution in [0.15, 0.2) is 48.5 Å². The van der Waals surface area contributed by atoms with Gasteiger partial charge in [-0.25, -0.2) is 0 Å². The smallest absolute Gasteiger partial charge is 0.226 e. The normalized spacial score (nSPS) is 10.3. The molecule has 0 aliphatic heterocycles. The molecule has 0 bridgehead atoms. The Morgan fingerprint density at radius 3 is 2.41 bits per heavy atom. The molecule has 0 unspecified atom stereocenters. The third kappa shape index (κ3) is 4.62. The molecule has 0 radical (unpaired) electrons. The predicted molar refractivity (Wildman–Crippen MR) is 93.5 cm³/mol. The Labute approximate surface area is 133 Å². The second-order valence-corrected chi connectivity index (χ2v) is 5.58. The third-order valence-electron chi connectivity index (χ3n) is 3.69. The lowest BCUT2D eigenvalue weighted by Gasteiger charge is -2.23. The van der Waals surface area contributed by atoms with Gasteiger partial charge >= 0.3 is 0 Å². The molecule has 3 heteroatoms. The van der Waals surface area contributed by atoms with E-state index >= 15 is 0 Å². The second kappa shape index (κ2) is 7.64. The van der Waals surface area contributed by atoms with Crippen LogP contribution in [0.3, 0.4) is 0 Å². The molecule has 0 aliphatic carbocycles. The zero-order valence-corrected chi connectivity index (χ0v) is 13.6. The van der Waals surface area contributed by atoms with E-state index in [4.69, 9.17) is 0 Å². The van der Waals surface area contributed by atoms with Crippen LogP contribution in [0.25, 0.3) is 0 Å². The average molecular weight is 296 g/mol. The minimum Gasteiger partial charge on any atom is -0.371 e. The molecule has 3 nitrogen and oxygen atoms in total. The largest absolute Gasteiger partial charge is 0.371 e. The van der Waals surface area contributed by atoms with E-state index < -0.39 is 0 Å². The summed E-state index contributed by atoms with van der Waals surface area (Å²) in [6.45, 7) is 7.84. The Kier molecular flexibility index (Phi) is 5.59. The number of hydrogen-bond donors (Lipinski definition) is 1. The Morgan fingerprint density at radius 1 is 1.05 bits per heavy atom. The van der Waals surface area contributed by atoms with E-state index in [1.54, 1.807) is 0 Å². The summed E-state index contributed by atoms with van der Waals surface area (Å²) in [4.78, 5) is 14.3. The first-order valence-corrected chi connectivity index (χ1v) is 7.76. The van der Waals surface area contributed by atoms with Gasteiger partial charge in [0.25, 0.3) is 0 Å². The maximum atomic E-state index is 12.1. The van der Waals surface area contributed by atoms with E-state index in [1.807, 2.05) is 31.2 Å². The number of nitrogens with one attached hydrogen (secondary N) is 1. The molecule has 1 N–H and O–H groups in total. The van der Waals surface area contributed by atoms with Crippen LogP contribution in [0.5, 0.6) is 0 Å². The summed E-state index contributed by atoms with van der Waals surface area (Å²) in [5.74, 6) is 0.0509. The van der Waals surface area contributed by atoms with Crippen LogP contribution in [0.2, 0.25) is 0 Å². The van der Waals surface area contributed by atoms with Crippen LogP contribution in [-0.4, -0.2) is 19.0 Å². The fourth-order valence-corrected chi connectivity index (χ4v) is 2.39. The lowest BCUT2D eigenvalue weighted by atomic mass is 10.2. The Hall–Kier alpha value is -2.29. The number of aryl methyl sites for hydroxylation is 2. The summed E-state index contributed by atoms with van der Waals surface area (Å²) >= 11 is 0. The SMILES string of the molecule is CCN(CCC(=O)Nc1ccc(C)cc1)c1cccc(C)c1. The first kappa shape index (κ1) is 16.1. The fraction of sp³-hybridized carbons (Fsp3) is 0.316. The first-order valence-electron chi connectivity index (χ1n) is 7.76. The molecule has 0 spiro atoms. The highest BCUT2D eigenvalue weighted by molar-refractivity contribution is 5.91. The number of anilines is 2. The summed E-state index contributed by atoms with van der Waals surface area (Å²) in [5.41, 5.74) is 4.45. The van der Waals surface area contributed by atoms with Crippen molar-refractivity contribution in [2.24, 2.45) is 0 Å². The number of nitrogens with zero attached hydrogens (tertiary/aromatic N) is 1. The maximum Gasteiger partial charge on any atom is 0.226 e. The van der Waals surface area contributed by atoms with Gasteiger partial charge in [-0.05, 0) is 50.6 Å². The van der Waals surface area contributed by atoms with Crippen molar-refractivity contribution in [2.45, 2.75) is 27.2 Å². The summed E-state index contributed by atoms with van der Waals surface area (Å²) in [7, 11) is 0. The third-order valence-corrected chi connectivity index (χ3v) is 3.69. The van der Waals surface area contributed by atoms with Crippen LogP contribution >= 0.6 is 0 Å². The number of carbonyl (C=O) groups excluding carboxylic acids is 1. The van der Waals surface area contributed by atoms with Gasteiger partial charge in [0.1, 0.15) is 0 Å². The molecule has 116 valence electrons. The molecule has 2 aromatic rings. The van der Waals surface area contributed by atoms with Crippen molar-refractivity contribution in [3.05, 3.63) is 59.7 Å². The fourth-order valence-electron chi connectivity index (χ4n) is 2.39. The highest BCUT2D eigenvalue weighted by Gasteiger charge is 2.08. The zero-order chi connectivity index (χ0) is 15.9. The van der Waals surface area contributed by atoms with Crippen molar-refractivity contribution in [3.63, 3.8) is 0 Å². The average Bonchev–Trinajstić information content (AvgIpc) is 2.50. The number of hydrogen-bond acceptors (Lipinski definition) is 2. The molecular weight excluding hydrogens is 272 g/mol. The van der Waals surface area contributed by atoms with Gasteiger partial charge in [0.15, 0.2) is 0 Å². The van der Waals surface area contributed by atoms with Crippen molar-refractivity contribution in [3.8, 4) is 0 Å². The molecule has 0 saturated heterocycles. The molecule has 0 aromatic heterocycles. The van der Waals surface area contributed by atoms with E-state index in [0.717, 1.165) is 18.8 Å². The van der Waals surface area contributed by atoms with Crippen molar-refractivity contribution in [2.75, 3.05) is 23.3 Å². The molecule has 0 atom stereocenters. The lowest BCUT2D eigenvalue weighted by molar-refractivity contribution is -0.116. The molecular formula is C19H24N2O. The standard InChI is InChI=1S/C19H24N2O/c1-4-21(18-7-5-6-16(3)14-18)13-12-19(22)20-17-10-8-15(2)9-11-17/h5-11,14H,4,12-13H2,1-3H3,(H,20,22). The van der Waals surface area contributed by atoms with Crippen molar-refractivity contribution in [1.82, 2.24) is 0 Å². The van der Waals surface area contributed by atoms with E-state index in [-0.39, 0.29) is 5.91 Å². The molecule has 0 heterocycles. The van der Waals surface area contributed by atoms with Gasteiger partial charge in [0.2, 0.25) is 5.91 Å². The molecule has 0 fully saturated rings. The lowest BCUT2D eigenvalue weighted by Crippen LogP contribution is -2.27. The first-order chi connectivity index (χ1) is 10.6. The predicted octanol–water partition coefficient (Wildman–Crippen LogP) is 4.16. The van der Waals surface area contributed by atoms with Crippen LogP contribution in [0.1, 0.15) is 24.5 Å². The summed E-state index contributed by atoms with van der Waals surface area (Å²) in [6, 6.07) is 16.3. The minimum atomic E-state index is 0.0509. The van der Waals surface area contributed by atoms with Crippen molar-refractivity contribution < 1.29 is 4.79 Å². The second-order valence-electron chi connectivity index (χ2n) is 5.58. The molecule has 2 aromatic carbocycles. The summed E-state index contributed by atoms with van der Waals surface area (Å²) in [5, 5.41) is 2.95. The topological polar surface area (TPSA) is 32.3 Å². The van der Waals surface area contributed by atoms with E-state index in [2.05, 4.69) is 48.3 Å².